The normalized spacial score (nSPS) is 11.4. The average molecular weight is 1050 g/mol. The zero-order valence-electron chi connectivity index (χ0n) is 45.0. The van der Waals surface area contributed by atoms with Crippen LogP contribution in [-0.4, -0.2) is 9.13 Å². The summed E-state index contributed by atoms with van der Waals surface area (Å²) in [5.41, 5.74) is 22.1. The Hall–Kier alpha value is -10.9. The van der Waals surface area contributed by atoms with Crippen LogP contribution < -0.4 is 9.80 Å². The highest BCUT2D eigenvalue weighted by atomic mass is 15.2. The Morgan fingerprint density at radius 2 is 0.476 bits per heavy atom. The smallest absolute Gasteiger partial charge is 0.0547 e. The fourth-order valence-electron chi connectivity index (χ4n) is 12.3. The minimum absolute atomic E-state index is 1.04. The van der Waals surface area contributed by atoms with Crippen molar-refractivity contribution in [3.05, 3.63) is 328 Å². The Kier molecular flexibility index (Phi) is 12.2. The molecule has 15 aromatic rings. The van der Waals surface area contributed by atoms with E-state index in [1.165, 1.54) is 43.6 Å². The lowest BCUT2D eigenvalue weighted by Crippen LogP contribution is -2.15. The maximum absolute atomic E-state index is 2.45. The molecule has 0 fully saturated rings. The van der Waals surface area contributed by atoms with Crippen LogP contribution in [0.3, 0.4) is 0 Å². The molecule has 0 aliphatic rings. The van der Waals surface area contributed by atoms with Crippen LogP contribution in [-0.2, 0) is 0 Å². The van der Waals surface area contributed by atoms with Gasteiger partial charge >= 0.3 is 0 Å². The number of benzene rings is 13. The lowest BCUT2D eigenvalue weighted by molar-refractivity contribution is 1.18. The molecule has 4 heteroatoms. The van der Waals surface area contributed by atoms with Crippen LogP contribution in [0.2, 0.25) is 0 Å². The lowest BCUT2D eigenvalue weighted by Gasteiger charge is -2.33. The van der Waals surface area contributed by atoms with E-state index in [0.717, 1.165) is 90.0 Å². The van der Waals surface area contributed by atoms with Gasteiger partial charge in [-0.3, -0.25) is 0 Å². The van der Waals surface area contributed by atoms with Crippen LogP contribution in [0.5, 0.6) is 0 Å². The molecule has 13 aromatic carbocycles. The van der Waals surface area contributed by atoms with Gasteiger partial charge in [0, 0.05) is 66.8 Å². The molecule has 0 N–H and O–H groups in total. The molecule has 0 radical (unpaired) electrons. The molecule has 2 heterocycles. The van der Waals surface area contributed by atoms with E-state index in [1.54, 1.807) is 0 Å². The van der Waals surface area contributed by atoms with Gasteiger partial charge in [-0.05, 0) is 143 Å². The molecule has 82 heavy (non-hydrogen) atoms. The van der Waals surface area contributed by atoms with E-state index in [9.17, 15) is 0 Å². The second-order valence-electron chi connectivity index (χ2n) is 20.9. The number of hydrogen-bond acceptors (Lipinski definition) is 2. The fourth-order valence-corrected chi connectivity index (χ4v) is 12.3. The monoisotopic (exact) mass is 1050 g/mol. The van der Waals surface area contributed by atoms with Gasteiger partial charge < -0.3 is 18.9 Å². The zero-order chi connectivity index (χ0) is 54.3. The maximum atomic E-state index is 2.45. The molecule has 0 bridgehead atoms. The number of fused-ring (bicyclic) bond motifs is 6. The summed E-state index contributed by atoms with van der Waals surface area (Å²) >= 11 is 0. The summed E-state index contributed by atoms with van der Waals surface area (Å²) in [6, 6.07) is 119. The van der Waals surface area contributed by atoms with Crippen LogP contribution in [0, 0.1) is 0 Å². The summed E-state index contributed by atoms with van der Waals surface area (Å²) < 4.78 is 4.80. The van der Waals surface area contributed by atoms with E-state index in [0.29, 0.717) is 0 Å². The van der Waals surface area contributed by atoms with Gasteiger partial charge in [0.1, 0.15) is 0 Å². The summed E-state index contributed by atoms with van der Waals surface area (Å²) in [5.74, 6) is 0. The molecule has 0 unspecified atom stereocenters. The van der Waals surface area contributed by atoms with Crippen molar-refractivity contribution < 1.29 is 0 Å². The van der Waals surface area contributed by atoms with Crippen LogP contribution in [0.4, 0.5) is 34.1 Å². The van der Waals surface area contributed by atoms with Crippen molar-refractivity contribution in [2.24, 2.45) is 0 Å². The van der Waals surface area contributed by atoms with Gasteiger partial charge in [-0.1, -0.05) is 218 Å². The molecule has 0 atom stereocenters. The minimum atomic E-state index is 1.04. The Morgan fingerprint density at radius 1 is 0.195 bits per heavy atom. The van der Waals surface area contributed by atoms with Crippen molar-refractivity contribution in [3.63, 3.8) is 0 Å². The average Bonchev–Trinajstić information content (AvgIpc) is 3.40. The van der Waals surface area contributed by atoms with Gasteiger partial charge in [0.2, 0.25) is 0 Å². The first-order valence-corrected chi connectivity index (χ1v) is 28.1. The van der Waals surface area contributed by atoms with Crippen molar-refractivity contribution in [2.75, 3.05) is 9.80 Å². The summed E-state index contributed by atoms with van der Waals surface area (Å²) in [4.78, 5) is 4.90. The molecule has 0 amide bonds. The van der Waals surface area contributed by atoms with Gasteiger partial charge in [0.15, 0.2) is 0 Å². The third kappa shape index (κ3) is 8.58. The van der Waals surface area contributed by atoms with Crippen molar-refractivity contribution in [1.82, 2.24) is 9.13 Å². The van der Waals surface area contributed by atoms with Crippen LogP contribution in [0.25, 0.3) is 99.5 Å². The highest BCUT2D eigenvalue weighted by Crippen LogP contribution is 2.51. The number of nitrogens with zero attached hydrogens (tertiary/aromatic N) is 4. The second-order valence-corrected chi connectivity index (χ2v) is 20.9. The first-order chi connectivity index (χ1) is 40.7. The van der Waals surface area contributed by atoms with Crippen molar-refractivity contribution in [3.8, 4) is 55.9 Å². The van der Waals surface area contributed by atoms with Crippen LogP contribution >= 0.6 is 0 Å². The second kappa shape index (κ2) is 20.7. The molecule has 0 saturated heterocycles. The Balaban J connectivity index is 1.01. The van der Waals surface area contributed by atoms with Gasteiger partial charge in [-0.15, -0.1) is 0 Å². The molecule has 0 saturated carbocycles. The highest BCUT2D eigenvalue weighted by molar-refractivity contribution is 6.10. The molecular formula is C78H54N4. The molecule has 4 nitrogen and oxygen atoms in total. The standard InChI is InChI=1S/C78H54N4/c1-5-23-55(24-6-1)59-27-21-33-65(51-59)79(61-29-9-3-10-30-61)77-53-72(58-45-49-64(50-46-58)82-75-41-19-15-37-69(75)70-38-16-20-42-76(70)82)78(80(62-31-11-4-12-32-62)66-34-22-28-60(52-66)56-25-7-2-8-26-56)54-71(77)57-43-47-63(48-44-57)81-73-39-17-13-35-67(73)68-36-14-18-40-74(68)81/h1-54H. The fraction of sp³-hybridized carbons (Fsp3) is 0. The van der Waals surface area contributed by atoms with Crippen molar-refractivity contribution in [1.29, 1.82) is 0 Å². The molecule has 386 valence electrons. The number of anilines is 6. The maximum Gasteiger partial charge on any atom is 0.0547 e. The van der Waals surface area contributed by atoms with E-state index in [4.69, 9.17) is 0 Å². The minimum Gasteiger partial charge on any atom is -0.310 e. The van der Waals surface area contributed by atoms with E-state index in [2.05, 4.69) is 347 Å². The van der Waals surface area contributed by atoms with Crippen molar-refractivity contribution in [2.45, 2.75) is 0 Å². The zero-order valence-corrected chi connectivity index (χ0v) is 45.0. The summed E-state index contributed by atoms with van der Waals surface area (Å²) in [6.07, 6.45) is 0. The summed E-state index contributed by atoms with van der Waals surface area (Å²) in [5, 5.41) is 4.95. The number of para-hydroxylation sites is 6. The topological polar surface area (TPSA) is 16.3 Å². The molecule has 2 aromatic heterocycles. The highest BCUT2D eigenvalue weighted by Gasteiger charge is 2.26. The third-order valence-corrected chi connectivity index (χ3v) is 16.1. The summed E-state index contributed by atoms with van der Waals surface area (Å²) in [6.45, 7) is 0. The lowest BCUT2D eigenvalue weighted by atomic mass is 9.93. The van der Waals surface area contributed by atoms with Crippen LogP contribution in [0.1, 0.15) is 0 Å². The molecule has 0 spiro atoms. The largest absolute Gasteiger partial charge is 0.310 e. The molecule has 0 aliphatic carbocycles. The quantitative estimate of drug-likeness (QED) is 0.121. The Bertz CT molecular complexity index is 4360. The van der Waals surface area contributed by atoms with Gasteiger partial charge in [0.05, 0.1) is 33.4 Å². The molecular weight excluding hydrogens is 993 g/mol. The third-order valence-electron chi connectivity index (χ3n) is 16.1. The van der Waals surface area contributed by atoms with E-state index >= 15 is 0 Å². The van der Waals surface area contributed by atoms with Gasteiger partial charge in [-0.25, -0.2) is 0 Å². The summed E-state index contributed by atoms with van der Waals surface area (Å²) in [7, 11) is 0. The predicted octanol–water partition coefficient (Wildman–Crippen LogP) is 21.5. The SMILES string of the molecule is c1ccc(-c2cccc(N(c3ccccc3)c3cc(-c4ccc(-n5c6ccccc6c6ccccc65)cc4)c(N(c4ccccc4)c4cccc(-c5ccccc5)c4)cc3-c3ccc(-n4c5ccccc5c5ccccc54)cc3)c2)cc1. The van der Waals surface area contributed by atoms with E-state index < -0.39 is 0 Å². The molecule has 0 aliphatic heterocycles. The van der Waals surface area contributed by atoms with Gasteiger partial charge in [-0.2, -0.15) is 0 Å². The Morgan fingerprint density at radius 3 is 0.817 bits per heavy atom. The van der Waals surface area contributed by atoms with E-state index in [-0.39, 0.29) is 0 Å². The first kappa shape index (κ1) is 48.2. The number of rotatable bonds is 12. The predicted molar refractivity (Wildman–Crippen MR) is 346 cm³/mol. The number of aromatic nitrogens is 2. The van der Waals surface area contributed by atoms with E-state index in [1.807, 2.05) is 0 Å². The van der Waals surface area contributed by atoms with Crippen molar-refractivity contribution >= 4 is 77.7 Å². The Labute approximate surface area is 477 Å². The van der Waals surface area contributed by atoms with Crippen LogP contribution in [0.15, 0.2) is 328 Å². The molecule has 15 rings (SSSR count). The number of hydrogen-bond donors (Lipinski definition) is 0. The van der Waals surface area contributed by atoms with Gasteiger partial charge in [0.25, 0.3) is 0 Å². The first-order valence-electron chi connectivity index (χ1n) is 28.1.